The van der Waals surface area contributed by atoms with Crippen LogP contribution >= 0.6 is 22.7 Å². The normalized spacial score (nSPS) is 12.7. The van der Waals surface area contributed by atoms with E-state index in [1.165, 1.54) is 11.3 Å². The molecule has 0 saturated heterocycles. The van der Waals surface area contributed by atoms with Crippen molar-refractivity contribution in [3.05, 3.63) is 62.4 Å². The molecule has 1 aromatic carbocycles. The Labute approximate surface area is 152 Å². The highest BCUT2D eigenvalue weighted by Crippen LogP contribution is 2.28. The summed E-state index contributed by atoms with van der Waals surface area (Å²) in [5.41, 5.74) is -0.466. The third-order valence-electron chi connectivity index (χ3n) is 4.42. The molecule has 3 aromatic heterocycles. The number of benzene rings is 1. The van der Waals surface area contributed by atoms with Crippen molar-refractivity contribution in [3.8, 4) is 10.7 Å². The maximum absolute atomic E-state index is 13.2. The van der Waals surface area contributed by atoms with Crippen LogP contribution < -0.4 is 11.0 Å². The Kier molecular flexibility index (Phi) is 4.01. The summed E-state index contributed by atoms with van der Waals surface area (Å²) in [5, 5.41) is 2.75. The second-order valence-corrected chi connectivity index (χ2v) is 7.93. The summed E-state index contributed by atoms with van der Waals surface area (Å²) in [5.74, 6) is 0.646. The summed E-state index contributed by atoms with van der Waals surface area (Å²) in [4.78, 5) is 32.4. The van der Waals surface area contributed by atoms with Gasteiger partial charge in [0.15, 0.2) is 5.82 Å². The van der Waals surface area contributed by atoms with Crippen molar-refractivity contribution in [2.24, 2.45) is 0 Å². The van der Waals surface area contributed by atoms with E-state index in [1.54, 1.807) is 22.0 Å². The molecule has 6 heteroatoms. The molecule has 25 heavy (non-hydrogen) atoms. The Morgan fingerprint density at radius 2 is 1.96 bits per heavy atom. The van der Waals surface area contributed by atoms with Gasteiger partial charge in [-0.15, -0.1) is 22.7 Å². The van der Waals surface area contributed by atoms with Gasteiger partial charge in [-0.2, -0.15) is 0 Å². The average Bonchev–Trinajstić information content (AvgIpc) is 3.15. The van der Waals surface area contributed by atoms with Crippen molar-refractivity contribution in [1.82, 2.24) is 9.55 Å². The van der Waals surface area contributed by atoms with Gasteiger partial charge in [-0.3, -0.25) is 14.2 Å². The minimum atomic E-state index is -0.241. The fourth-order valence-corrected chi connectivity index (χ4v) is 4.69. The van der Waals surface area contributed by atoms with Crippen molar-refractivity contribution in [1.29, 1.82) is 0 Å². The van der Waals surface area contributed by atoms with Gasteiger partial charge in [0.25, 0.3) is 5.56 Å². The summed E-state index contributed by atoms with van der Waals surface area (Å²) >= 11 is 2.95. The number of rotatable bonds is 3. The first-order valence-electron chi connectivity index (χ1n) is 8.13. The molecule has 0 saturated carbocycles. The molecule has 3 heterocycles. The Balaban J connectivity index is 2.21. The van der Waals surface area contributed by atoms with Crippen LogP contribution in [0, 0.1) is 0 Å². The van der Waals surface area contributed by atoms with Crippen LogP contribution in [0.2, 0.25) is 0 Å². The van der Waals surface area contributed by atoms with E-state index in [-0.39, 0.29) is 22.4 Å². The quantitative estimate of drug-likeness (QED) is 0.494. The monoisotopic (exact) mass is 368 g/mol. The number of aromatic nitrogens is 2. The van der Waals surface area contributed by atoms with Crippen molar-refractivity contribution >= 4 is 43.0 Å². The lowest BCUT2D eigenvalue weighted by atomic mass is 10.2. The van der Waals surface area contributed by atoms with Crippen LogP contribution in [0.4, 0.5) is 0 Å². The molecule has 4 rings (SSSR count). The summed E-state index contributed by atoms with van der Waals surface area (Å²) in [6, 6.07) is 11.3. The molecule has 126 valence electrons. The lowest BCUT2D eigenvalue weighted by Crippen LogP contribution is -2.29. The first-order chi connectivity index (χ1) is 12.1. The fourth-order valence-electron chi connectivity index (χ4n) is 2.94. The summed E-state index contributed by atoms with van der Waals surface area (Å²) < 4.78 is 2.53. The van der Waals surface area contributed by atoms with Crippen molar-refractivity contribution in [2.75, 3.05) is 0 Å². The van der Waals surface area contributed by atoms with E-state index >= 15 is 0 Å². The molecular weight excluding hydrogens is 352 g/mol. The van der Waals surface area contributed by atoms with Crippen LogP contribution in [0.1, 0.15) is 26.3 Å². The molecule has 0 N–H and O–H groups in total. The molecule has 0 radical (unpaired) electrons. The predicted molar refractivity (Wildman–Crippen MR) is 106 cm³/mol. The van der Waals surface area contributed by atoms with Gasteiger partial charge in [0, 0.05) is 16.1 Å². The summed E-state index contributed by atoms with van der Waals surface area (Å²) in [6.07, 6.45) is 0.788. The SMILES string of the molecule is CCC(C)n1c(-c2cccs2)nc2sc3ccccc3c(=O)c2c1=O. The van der Waals surface area contributed by atoms with Crippen LogP contribution in [0.5, 0.6) is 0 Å². The smallest absolute Gasteiger partial charge is 0.266 e. The van der Waals surface area contributed by atoms with Crippen LogP contribution in [0.15, 0.2) is 51.4 Å². The van der Waals surface area contributed by atoms with Crippen LogP contribution in [-0.4, -0.2) is 9.55 Å². The van der Waals surface area contributed by atoms with Crippen molar-refractivity contribution in [2.45, 2.75) is 26.3 Å². The van der Waals surface area contributed by atoms with E-state index in [9.17, 15) is 9.59 Å². The summed E-state index contributed by atoms with van der Waals surface area (Å²) in [6.45, 7) is 4.02. The topological polar surface area (TPSA) is 52.0 Å². The highest BCUT2D eigenvalue weighted by Gasteiger charge is 2.20. The fraction of sp³-hybridized carbons (Fsp3) is 0.211. The summed E-state index contributed by atoms with van der Waals surface area (Å²) in [7, 11) is 0. The number of hydrogen-bond donors (Lipinski definition) is 0. The van der Waals surface area contributed by atoms with Gasteiger partial charge < -0.3 is 0 Å². The van der Waals surface area contributed by atoms with E-state index in [2.05, 4.69) is 0 Å². The zero-order valence-electron chi connectivity index (χ0n) is 13.9. The van der Waals surface area contributed by atoms with Crippen LogP contribution in [0.25, 0.3) is 31.0 Å². The highest BCUT2D eigenvalue weighted by atomic mass is 32.1. The molecule has 4 aromatic rings. The lowest BCUT2D eigenvalue weighted by Gasteiger charge is -2.17. The molecule has 4 nitrogen and oxygen atoms in total. The molecule has 0 aliphatic heterocycles. The molecule has 0 amide bonds. The highest BCUT2D eigenvalue weighted by molar-refractivity contribution is 7.24. The van der Waals surface area contributed by atoms with Crippen molar-refractivity contribution in [3.63, 3.8) is 0 Å². The van der Waals surface area contributed by atoms with Gasteiger partial charge in [-0.25, -0.2) is 4.98 Å². The molecule has 0 aliphatic carbocycles. The third-order valence-corrected chi connectivity index (χ3v) is 6.35. The second-order valence-electron chi connectivity index (χ2n) is 5.95. The Morgan fingerprint density at radius 3 is 2.68 bits per heavy atom. The first-order valence-corrected chi connectivity index (χ1v) is 9.83. The number of nitrogens with zero attached hydrogens (tertiary/aromatic N) is 2. The van der Waals surface area contributed by atoms with Gasteiger partial charge in [0.05, 0.1) is 4.88 Å². The van der Waals surface area contributed by atoms with Crippen LogP contribution in [0.3, 0.4) is 0 Å². The Bertz CT molecular complexity index is 1190. The number of hydrogen-bond acceptors (Lipinski definition) is 5. The molecule has 0 aliphatic rings. The van der Waals surface area contributed by atoms with E-state index in [4.69, 9.17) is 4.98 Å². The molecule has 1 unspecified atom stereocenters. The van der Waals surface area contributed by atoms with Gasteiger partial charge >= 0.3 is 0 Å². The molecule has 0 bridgehead atoms. The molecule has 0 spiro atoms. The van der Waals surface area contributed by atoms with Crippen LogP contribution in [-0.2, 0) is 0 Å². The van der Waals surface area contributed by atoms with E-state index < -0.39 is 0 Å². The molecular formula is C19H16N2O2S2. The lowest BCUT2D eigenvalue weighted by molar-refractivity contribution is 0.517. The Hall–Kier alpha value is -2.31. The first kappa shape index (κ1) is 16.2. The zero-order chi connectivity index (χ0) is 17.6. The standard InChI is InChI=1S/C19H16N2O2S2/c1-3-11(2)21-17(14-9-6-10-24-14)20-18-15(19(21)23)16(22)12-7-4-5-8-13(12)25-18/h4-11H,3H2,1-2H3. The van der Waals surface area contributed by atoms with E-state index in [0.717, 1.165) is 16.0 Å². The Morgan fingerprint density at radius 1 is 1.16 bits per heavy atom. The minimum Gasteiger partial charge on any atom is -0.288 e. The van der Waals surface area contributed by atoms with E-state index in [0.29, 0.717) is 16.0 Å². The van der Waals surface area contributed by atoms with Gasteiger partial charge in [-0.1, -0.05) is 25.1 Å². The maximum Gasteiger partial charge on any atom is 0.266 e. The van der Waals surface area contributed by atoms with Gasteiger partial charge in [0.2, 0.25) is 5.43 Å². The molecule has 1 atom stereocenters. The molecule has 0 fully saturated rings. The van der Waals surface area contributed by atoms with Gasteiger partial charge in [-0.05, 0) is 36.9 Å². The largest absolute Gasteiger partial charge is 0.288 e. The second kappa shape index (κ2) is 6.20. The number of fused-ring (bicyclic) bond motifs is 2. The predicted octanol–water partition coefficient (Wildman–Crippen LogP) is 4.67. The van der Waals surface area contributed by atoms with Gasteiger partial charge in [0.1, 0.15) is 10.2 Å². The third kappa shape index (κ3) is 2.53. The van der Waals surface area contributed by atoms with E-state index in [1.807, 2.05) is 49.6 Å². The minimum absolute atomic E-state index is 0.0302. The average molecular weight is 368 g/mol. The maximum atomic E-state index is 13.2. The van der Waals surface area contributed by atoms with Crippen molar-refractivity contribution < 1.29 is 0 Å². The number of thiophene rings is 1. The zero-order valence-corrected chi connectivity index (χ0v) is 15.5.